The third-order valence-electron chi connectivity index (χ3n) is 18.1. The highest BCUT2D eigenvalue weighted by Crippen LogP contribution is 2.39. The second-order valence-electron chi connectivity index (χ2n) is 25.5. The van der Waals surface area contributed by atoms with Crippen LogP contribution in [0, 0.1) is 0 Å². The zero-order valence-corrected chi connectivity index (χ0v) is 58.3. The molecule has 4 saturated heterocycles. The average molecular weight is 1520 g/mol. The lowest BCUT2D eigenvalue weighted by Crippen LogP contribution is -2.67. The summed E-state index contributed by atoms with van der Waals surface area (Å²) in [5.74, 6) is -7.19. The number of hydrogen-bond acceptors (Lipinski definition) is 29. The molecule has 0 aromatic heterocycles. The number of Topliss-reactive ketones (excluding diaryl/α,β-unsaturated/α-hetero) is 1. The molecule has 29 nitrogen and oxygen atoms in total. The number of ether oxygens (including phenoxy) is 13. The number of carbonyl (C=O) groups is 8. The van der Waals surface area contributed by atoms with Gasteiger partial charge in [-0.3, -0.25) is 4.79 Å². The lowest BCUT2D eigenvalue weighted by atomic mass is 9.92. The summed E-state index contributed by atoms with van der Waals surface area (Å²) in [7, 11) is 0. The van der Waals surface area contributed by atoms with Crippen LogP contribution in [0.25, 0.3) is 0 Å². The first kappa shape index (κ1) is 80.2. The van der Waals surface area contributed by atoms with Crippen LogP contribution >= 0.6 is 0 Å². The van der Waals surface area contributed by atoms with Gasteiger partial charge >= 0.3 is 41.8 Å². The summed E-state index contributed by atoms with van der Waals surface area (Å²) in [6.45, 7) is -2.13. The number of carbonyl (C=O) groups excluding carboxylic acids is 8. The van der Waals surface area contributed by atoms with Gasteiger partial charge in [0.15, 0.2) is 49.1 Å². The van der Waals surface area contributed by atoms with Gasteiger partial charge in [-0.25, -0.2) is 33.6 Å². The third kappa shape index (κ3) is 20.1. The molecule has 0 aliphatic carbocycles. The maximum absolute atomic E-state index is 14.7. The number of benzene rings is 8. The van der Waals surface area contributed by atoms with Crippen molar-refractivity contribution in [1.29, 1.82) is 0 Å². The number of aliphatic hydroxyl groups excluding tert-OH is 8. The van der Waals surface area contributed by atoms with Gasteiger partial charge < -0.3 is 102 Å². The second-order valence-corrected chi connectivity index (χ2v) is 25.5. The maximum atomic E-state index is 14.7. The molecule has 4 aliphatic rings. The van der Waals surface area contributed by atoms with E-state index in [1.807, 2.05) is 0 Å². The fourth-order valence-electron chi connectivity index (χ4n) is 12.3. The number of hydrogen-bond donors (Lipinski definition) is 8. The highest BCUT2D eigenvalue weighted by molar-refractivity contribution is 5.96. The van der Waals surface area contributed by atoms with E-state index in [1.165, 1.54) is 84.9 Å². The fourth-order valence-corrected chi connectivity index (χ4v) is 12.3. The van der Waals surface area contributed by atoms with Gasteiger partial charge in [-0.2, -0.15) is 0 Å². The van der Waals surface area contributed by atoms with Crippen molar-refractivity contribution in [1.82, 2.24) is 0 Å². The molecular formula is C81H78O29. The van der Waals surface area contributed by atoms with E-state index in [-0.39, 0.29) is 57.6 Å². The van der Waals surface area contributed by atoms with Crippen LogP contribution in [0.5, 0.6) is 0 Å². The summed E-state index contributed by atoms with van der Waals surface area (Å²) >= 11 is 0. The van der Waals surface area contributed by atoms with Crippen molar-refractivity contribution in [2.24, 2.45) is 0 Å². The zero-order chi connectivity index (χ0) is 77.8. The standard InChI is InChI=1S/C69H56O18.C12H22O11/c70-52(44-25-9-1-10-26-44)41-42-53-55(81-62(72)46-29-13-3-14-30-46)57(82-63(73)47-31-15-4-16-32-47)59(84-65(75)49-35-19-6-20-36-49)68(79-53)86-56-54(43-78-61(71)45-27-11-2-12-28-45)80-69(87-67(77)51-39-23-8-24-40-51)60(85-66(76)50-37-21-7-22-38-50)58(56)83-64(74)48-33-17-5-18-34-48;13-1-3-5(15)6(16)9(19)12(22-3)23-10-4(2-14)21-11(20)8(18)7(10)17/h1-40,53-60,68-69H,41-43H2;3-20H,1-2H2/t53?,54?,55-,56+,57-,58-,59?,60?,68-,69?;3?,4?,5-,6-,7+,8?,9?,10+,11+,12-/m00/s1. The molecule has 4 heterocycles. The normalized spacial score (nSPS) is 27.7. The van der Waals surface area contributed by atoms with Crippen LogP contribution in [0.15, 0.2) is 243 Å². The van der Waals surface area contributed by atoms with E-state index in [2.05, 4.69) is 0 Å². The topological polar surface area (TPSA) is 418 Å². The van der Waals surface area contributed by atoms with Crippen LogP contribution in [-0.2, 0) is 61.6 Å². The van der Waals surface area contributed by atoms with E-state index in [0.717, 1.165) is 0 Å². The third-order valence-corrected chi connectivity index (χ3v) is 18.1. The zero-order valence-electron chi connectivity index (χ0n) is 58.3. The minimum Gasteiger partial charge on any atom is -0.459 e. The molecule has 29 heteroatoms. The van der Waals surface area contributed by atoms with Crippen LogP contribution in [0.1, 0.15) is 95.7 Å². The molecule has 0 radical (unpaired) electrons. The quantitative estimate of drug-likeness (QED) is 0.0214. The van der Waals surface area contributed by atoms with Gasteiger partial charge in [0.25, 0.3) is 0 Å². The average Bonchev–Trinajstić information content (AvgIpc) is 0.759. The first-order chi connectivity index (χ1) is 53.3. The molecule has 12 rings (SSSR count). The molecule has 8 N–H and O–H groups in total. The van der Waals surface area contributed by atoms with Gasteiger partial charge in [-0.15, -0.1) is 0 Å². The Hall–Kier alpha value is -10.8. The van der Waals surface area contributed by atoms with E-state index < -0.39 is 184 Å². The van der Waals surface area contributed by atoms with E-state index in [1.54, 1.807) is 158 Å². The molecule has 9 unspecified atom stereocenters. The summed E-state index contributed by atoms with van der Waals surface area (Å²) in [5, 5.41) is 76.5. The predicted molar refractivity (Wildman–Crippen MR) is 378 cm³/mol. The number of ketones is 1. The van der Waals surface area contributed by atoms with E-state index in [9.17, 15) is 74.1 Å². The molecule has 4 aliphatic heterocycles. The molecule has 8 aromatic rings. The molecule has 0 bridgehead atoms. The highest BCUT2D eigenvalue weighted by Gasteiger charge is 2.59. The van der Waals surface area contributed by atoms with Crippen LogP contribution in [-0.4, -0.2) is 231 Å². The lowest BCUT2D eigenvalue weighted by molar-refractivity contribution is -0.355. The summed E-state index contributed by atoms with van der Waals surface area (Å²) in [6, 6.07) is 62.7. The van der Waals surface area contributed by atoms with Crippen LogP contribution < -0.4 is 0 Å². The molecule has 110 heavy (non-hydrogen) atoms. The second kappa shape index (κ2) is 38.5. The van der Waals surface area contributed by atoms with Crippen LogP contribution in [0.2, 0.25) is 0 Å². The van der Waals surface area contributed by atoms with Gasteiger partial charge in [0, 0.05) is 12.0 Å². The Kier molecular flexibility index (Phi) is 28.1. The van der Waals surface area contributed by atoms with Crippen molar-refractivity contribution in [2.75, 3.05) is 19.8 Å². The first-order valence-electron chi connectivity index (χ1n) is 34.9. The Morgan fingerprint density at radius 3 is 1.01 bits per heavy atom. The molecule has 8 aromatic carbocycles. The number of esters is 7. The largest absolute Gasteiger partial charge is 0.459 e. The summed E-state index contributed by atoms with van der Waals surface area (Å²) in [4.78, 5) is 115. The van der Waals surface area contributed by atoms with Crippen molar-refractivity contribution >= 4 is 47.6 Å². The molecule has 0 saturated carbocycles. The Labute approximate surface area is 628 Å². The van der Waals surface area contributed by atoms with Gasteiger partial charge in [0.1, 0.15) is 73.8 Å². The molecule has 4 fully saturated rings. The summed E-state index contributed by atoms with van der Waals surface area (Å²) < 4.78 is 79.6. The van der Waals surface area contributed by atoms with Gasteiger partial charge in [0.2, 0.25) is 12.4 Å². The summed E-state index contributed by atoms with van der Waals surface area (Å²) in [6.07, 6.45) is -34.8. The fraction of sp³-hybridized carbons (Fsp3) is 0.309. The Balaban J connectivity index is 0.000000445. The maximum Gasteiger partial charge on any atom is 0.340 e. The van der Waals surface area contributed by atoms with Crippen molar-refractivity contribution in [3.63, 3.8) is 0 Å². The van der Waals surface area contributed by atoms with Crippen molar-refractivity contribution in [3.05, 3.63) is 287 Å². The Morgan fingerprint density at radius 2 is 0.600 bits per heavy atom. The predicted octanol–water partition coefficient (Wildman–Crippen LogP) is 4.93. The van der Waals surface area contributed by atoms with Gasteiger partial charge in [0.05, 0.1) is 52.2 Å². The lowest BCUT2D eigenvalue weighted by Gasteiger charge is -2.48. The Bertz CT molecular complexity index is 4300. The minimum absolute atomic E-state index is 0.00451. The molecule has 20 atom stereocenters. The highest BCUT2D eigenvalue weighted by atomic mass is 16.8. The molecule has 576 valence electrons. The van der Waals surface area contributed by atoms with Crippen LogP contribution in [0.4, 0.5) is 0 Å². The number of aliphatic hydroxyl groups is 8. The smallest absolute Gasteiger partial charge is 0.340 e. The molecule has 0 spiro atoms. The monoisotopic (exact) mass is 1510 g/mol. The van der Waals surface area contributed by atoms with Crippen molar-refractivity contribution in [2.45, 2.75) is 136 Å². The van der Waals surface area contributed by atoms with Gasteiger partial charge in [-0.05, 0) is 91.3 Å². The van der Waals surface area contributed by atoms with Crippen LogP contribution in [0.3, 0.4) is 0 Å². The molecular weight excluding hydrogens is 1440 g/mol. The van der Waals surface area contributed by atoms with E-state index in [4.69, 9.17) is 66.7 Å². The van der Waals surface area contributed by atoms with Gasteiger partial charge in [-0.1, -0.05) is 158 Å². The minimum atomic E-state index is -2.05. The summed E-state index contributed by atoms with van der Waals surface area (Å²) in [5.41, 5.74) is 0.544. The van der Waals surface area contributed by atoms with E-state index >= 15 is 0 Å². The van der Waals surface area contributed by atoms with Crippen molar-refractivity contribution < 1.29 is 141 Å². The number of rotatable bonds is 25. The Morgan fingerprint density at radius 1 is 0.273 bits per heavy atom. The van der Waals surface area contributed by atoms with Crippen molar-refractivity contribution in [3.8, 4) is 0 Å². The first-order valence-corrected chi connectivity index (χ1v) is 34.9. The SMILES string of the molecule is O=C(CCC1O[C@@H](O[C@@H]2C(COC(=O)c3ccccc3)OC(OC(=O)c3ccccc3)C(OC(=O)c3ccccc3)[C@H]2OC(=O)c2ccccc2)C(OC(=O)c2ccccc2)[C@@H](OC(=O)c2ccccc2)[C@H]1OC(=O)c1ccccc1)c1ccccc1.OCC1O[C@@H](O)C(O)[C@@H](O)[C@@H]1O[C@@H]1OC(CO)[C@H](O)[C@H](O)C1O. The molecule has 0 amide bonds. The van der Waals surface area contributed by atoms with E-state index in [0.29, 0.717) is 5.56 Å².